The summed E-state index contributed by atoms with van der Waals surface area (Å²) in [6.07, 6.45) is 0. The Kier molecular flexibility index (Phi) is 8.06. The molecule has 2 aromatic heterocycles. The first-order valence-corrected chi connectivity index (χ1v) is 21.6. The van der Waals surface area contributed by atoms with Crippen molar-refractivity contribution in [2.75, 3.05) is 0 Å². The monoisotopic (exact) mass is 816 g/mol. The van der Waals surface area contributed by atoms with Crippen LogP contribution >= 0.6 is 0 Å². The predicted octanol–water partition coefficient (Wildman–Crippen LogP) is 14.4. The van der Waals surface area contributed by atoms with Crippen molar-refractivity contribution in [3.8, 4) is 79.2 Å². The lowest BCUT2D eigenvalue weighted by Crippen LogP contribution is -2.32. The molecule has 11 aromatic rings. The molecule has 0 amide bonds. The number of hydrogen-bond acceptors (Lipinski definition) is 5. The fraction of sp³-hybridized carbons (Fsp3) is 0.0169. The lowest BCUT2D eigenvalue weighted by atomic mass is 9.66. The molecule has 2 aliphatic rings. The van der Waals surface area contributed by atoms with E-state index in [-0.39, 0.29) is 0 Å². The maximum atomic E-state index is 6.64. The summed E-state index contributed by atoms with van der Waals surface area (Å²) in [5.41, 5.74) is 14.5. The molecule has 0 bridgehead atoms. The molecule has 3 heterocycles. The van der Waals surface area contributed by atoms with Crippen LogP contribution in [0.15, 0.2) is 218 Å². The highest BCUT2D eigenvalue weighted by Crippen LogP contribution is 2.63. The van der Waals surface area contributed by atoms with Crippen molar-refractivity contribution in [3.63, 3.8) is 0 Å². The van der Waals surface area contributed by atoms with Gasteiger partial charge in [0.05, 0.1) is 16.6 Å². The van der Waals surface area contributed by atoms with E-state index < -0.39 is 5.41 Å². The molecule has 0 radical (unpaired) electrons. The van der Waals surface area contributed by atoms with Crippen molar-refractivity contribution >= 4 is 21.7 Å². The van der Waals surface area contributed by atoms with Gasteiger partial charge in [0.2, 0.25) is 0 Å². The molecule has 1 aliphatic heterocycles. The van der Waals surface area contributed by atoms with Gasteiger partial charge in [-0.3, -0.25) is 0 Å². The number of rotatable bonds is 5. The second-order valence-corrected chi connectivity index (χ2v) is 16.5. The van der Waals surface area contributed by atoms with Crippen LogP contribution in [0.25, 0.3) is 89.4 Å². The van der Waals surface area contributed by atoms with Gasteiger partial charge in [0.1, 0.15) is 11.5 Å². The van der Waals surface area contributed by atoms with Crippen LogP contribution < -0.4 is 4.74 Å². The van der Waals surface area contributed by atoms with Crippen molar-refractivity contribution in [1.82, 2.24) is 19.9 Å². The Morgan fingerprint density at radius 1 is 0.328 bits per heavy atom. The van der Waals surface area contributed by atoms with Crippen LogP contribution in [0.5, 0.6) is 11.5 Å². The van der Waals surface area contributed by atoms with E-state index in [4.69, 9.17) is 24.7 Å². The standard InChI is InChI=1S/C59H36N4O/c1-3-16-37(17-4-1)38-30-32-40(33-31-38)57-61-56(39-18-5-2-6-19-39)62-58(63-57)42-21-15-20-41(36-42)55-45-34-35-49-54(53(45)44-23-8-12-27-50(44)60-55)43-22-7-9-24-46(43)59(49)47-25-10-13-28-51(47)64-52-29-14-11-26-48(52)59/h1-36H. The summed E-state index contributed by atoms with van der Waals surface area (Å²) in [7, 11) is 0. The van der Waals surface area contributed by atoms with Gasteiger partial charge in [0.25, 0.3) is 0 Å². The highest BCUT2D eigenvalue weighted by Gasteiger charge is 2.51. The number of benzene rings is 9. The van der Waals surface area contributed by atoms with E-state index in [9.17, 15) is 0 Å². The second-order valence-electron chi connectivity index (χ2n) is 16.5. The van der Waals surface area contributed by atoms with Crippen LogP contribution in [0.1, 0.15) is 22.3 Å². The summed E-state index contributed by atoms with van der Waals surface area (Å²) >= 11 is 0. The van der Waals surface area contributed by atoms with Crippen molar-refractivity contribution in [2.24, 2.45) is 0 Å². The maximum absolute atomic E-state index is 6.64. The smallest absolute Gasteiger partial charge is 0.164 e. The molecule has 0 saturated carbocycles. The van der Waals surface area contributed by atoms with E-state index in [1.54, 1.807) is 0 Å². The lowest BCUT2D eigenvalue weighted by molar-refractivity contribution is 0.436. The summed E-state index contributed by atoms with van der Waals surface area (Å²) in [5.74, 6) is 3.58. The Morgan fingerprint density at radius 3 is 1.56 bits per heavy atom. The van der Waals surface area contributed by atoms with Gasteiger partial charge in [-0.15, -0.1) is 0 Å². The minimum absolute atomic E-state index is 0.579. The van der Waals surface area contributed by atoms with Gasteiger partial charge in [-0.05, 0) is 57.6 Å². The zero-order valence-corrected chi connectivity index (χ0v) is 34.5. The number of nitrogens with zero attached hydrogens (tertiary/aromatic N) is 4. The fourth-order valence-corrected chi connectivity index (χ4v) is 10.2. The van der Waals surface area contributed by atoms with Crippen LogP contribution in [-0.2, 0) is 5.41 Å². The number of hydrogen-bond donors (Lipinski definition) is 0. The van der Waals surface area contributed by atoms with E-state index in [1.807, 2.05) is 36.4 Å². The van der Waals surface area contributed by atoms with Gasteiger partial charge >= 0.3 is 0 Å². The summed E-state index contributed by atoms with van der Waals surface area (Å²) < 4.78 is 6.64. The summed E-state index contributed by atoms with van der Waals surface area (Å²) in [5, 5.41) is 3.37. The van der Waals surface area contributed by atoms with Gasteiger partial charge < -0.3 is 4.74 Å². The molecular weight excluding hydrogens is 781 g/mol. The zero-order chi connectivity index (χ0) is 42.2. The number of para-hydroxylation sites is 3. The summed E-state index contributed by atoms with van der Waals surface area (Å²) in [6.45, 7) is 0. The Bertz CT molecular complexity index is 3600. The van der Waals surface area contributed by atoms with Gasteiger partial charge in [0, 0.05) is 49.5 Å². The molecule has 1 spiro atoms. The number of pyridine rings is 1. The Balaban J connectivity index is 1.02. The van der Waals surface area contributed by atoms with E-state index in [2.05, 4.69) is 182 Å². The quantitative estimate of drug-likeness (QED) is 0.162. The first-order chi connectivity index (χ1) is 31.7. The molecule has 13 rings (SSSR count). The summed E-state index contributed by atoms with van der Waals surface area (Å²) in [4.78, 5) is 20.8. The van der Waals surface area contributed by atoms with Gasteiger partial charge in [0.15, 0.2) is 17.5 Å². The molecule has 0 atom stereocenters. The van der Waals surface area contributed by atoms with Crippen LogP contribution in [0, 0.1) is 0 Å². The number of fused-ring (bicyclic) bond motifs is 13. The molecule has 0 unspecified atom stereocenters. The van der Waals surface area contributed by atoms with E-state index in [1.165, 1.54) is 27.6 Å². The first kappa shape index (κ1) is 36.1. The molecule has 9 aromatic carbocycles. The summed E-state index contributed by atoms with van der Waals surface area (Å²) in [6, 6.07) is 76.6. The Morgan fingerprint density at radius 2 is 0.844 bits per heavy atom. The van der Waals surface area contributed by atoms with Crippen molar-refractivity contribution in [1.29, 1.82) is 0 Å². The third-order valence-electron chi connectivity index (χ3n) is 13.0. The van der Waals surface area contributed by atoms with E-state index in [0.717, 1.165) is 78.0 Å². The first-order valence-electron chi connectivity index (χ1n) is 21.6. The highest BCUT2D eigenvalue weighted by molar-refractivity contribution is 6.19. The molecule has 0 N–H and O–H groups in total. The number of aromatic nitrogens is 4. The highest BCUT2D eigenvalue weighted by atomic mass is 16.5. The van der Waals surface area contributed by atoms with Gasteiger partial charge in [-0.1, -0.05) is 194 Å². The Labute approximate surface area is 370 Å². The maximum Gasteiger partial charge on any atom is 0.164 e. The zero-order valence-electron chi connectivity index (χ0n) is 34.5. The fourth-order valence-electron chi connectivity index (χ4n) is 10.2. The predicted molar refractivity (Wildman–Crippen MR) is 257 cm³/mol. The SMILES string of the molecule is c1ccc(-c2ccc(-c3nc(-c4ccccc4)nc(-c4cccc(-c5nc6ccccc6c6c7c(ccc56)C5(c6ccccc6Oc6ccccc65)c5ccccc5-7)c4)n3)cc2)cc1. The van der Waals surface area contributed by atoms with Crippen LogP contribution in [-0.4, -0.2) is 19.9 Å². The topological polar surface area (TPSA) is 60.8 Å². The average molecular weight is 817 g/mol. The van der Waals surface area contributed by atoms with Gasteiger partial charge in [-0.2, -0.15) is 0 Å². The average Bonchev–Trinajstić information content (AvgIpc) is 3.67. The molecule has 0 fully saturated rings. The largest absolute Gasteiger partial charge is 0.457 e. The van der Waals surface area contributed by atoms with Crippen molar-refractivity contribution in [2.45, 2.75) is 5.41 Å². The molecule has 0 saturated heterocycles. The third kappa shape index (κ3) is 5.44. The van der Waals surface area contributed by atoms with E-state index >= 15 is 0 Å². The molecule has 5 heteroatoms. The normalized spacial score (nSPS) is 12.9. The minimum Gasteiger partial charge on any atom is -0.457 e. The third-order valence-corrected chi connectivity index (χ3v) is 13.0. The van der Waals surface area contributed by atoms with Crippen molar-refractivity contribution in [3.05, 3.63) is 241 Å². The molecule has 1 aliphatic carbocycles. The molecule has 5 nitrogen and oxygen atoms in total. The number of ether oxygens (including phenoxy) is 1. The lowest BCUT2D eigenvalue weighted by Gasteiger charge is -2.39. The van der Waals surface area contributed by atoms with Crippen LogP contribution in [0.4, 0.5) is 0 Å². The van der Waals surface area contributed by atoms with E-state index in [0.29, 0.717) is 17.5 Å². The van der Waals surface area contributed by atoms with Crippen molar-refractivity contribution < 1.29 is 4.74 Å². The van der Waals surface area contributed by atoms with Crippen LogP contribution in [0.2, 0.25) is 0 Å². The van der Waals surface area contributed by atoms with Crippen LogP contribution in [0.3, 0.4) is 0 Å². The molecular formula is C59H36N4O. The Hall–Kier alpha value is -8.54. The molecule has 64 heavy (non-hydrogen) atoms. The minimum atomic E-state index is -0.579. The molecule has 298 valence electrons. The van der Waals surface area contributed by atoms with Gasteiger partial charge in [-0.25, -0.2) is 19.9 Å². The second kappa shape index (κ2) is 14.3.